The standard InChI is InChI=1S/C23H31N5O3/c1-5-16-7-6-8-18(9-16)25-22(30)26-19-10-17-12-28(20(29)14(2)3)13-23(17,11-19)21-24-15(4)27-31-21/h6-9,14,17,19H,5,10-13H2,1-4H3,(H2,25,26,30). The van der Waals surface area contributed by atoms with Crippen molar-refractivity contribution in [2.24, 2.45) is 11.8 Å². The van der Waals surface area contributed by atoms with Gasteiger partial charge in [0.05, 0.1) is 5.41 Å². The molecule has 2 heterocycles. The second kappa shape index (κ2) is 8.32. The first-order valence-electron chi connectivity index (χ1n) is 11.1. The molecule has 1 saturated heterocycles. The number of hydrogen-bond acceptors (Lipinski definition) is 5. The zero-order valence-electron chi connectivity index (χ0n) is 18.6. The maximum Gasteiger partial charge on any atom is 0.319 e. The van der Waals surface area contributed by atoms with Crippen molar-refractivity contribution in [3.63, 3.8) is 0 Å². The number of amides is 3. The first kappa shape index (κ1) is 21.3. The van der Waals surface area contributed by atoms with E-state index < -0.39 is 5.41 Å². The molecule has 8 heteroatoms. The summed E-state index contributed by atoms with van der Waals surface area (Å²) >= 11 is 0. The molecular weight excluding hydrogens is 394 g/mol. The summed E-state index contributed by atoms with van der Waals surface area (Å²) in [5, 5.41) is 10.1. The van der Waals surface area contributed by atoms with E-state index in [2.05, 4.69) is 27.7 Å². The Kier molecular flexibility index (Phi) is 5.73. The molecule has 4 rings (SSSR count). The number of fused-ring (bicyclic) bond motifs is 1. The zero-order valence-corrected chi connectivity index (χ0v) is 18.6. The predicted octanol–water partition coefficient (Wildman–Crippen LogP) is 3.28. The van der Waals surface area contributed by atoms with E-state index in [1.54, 1.807) is 6.92 Å². The second-order valence-electron chi connectivity index (χ2n) is 9.16. The van der Waals surface area contributed by atoms with Crippen LogP contribution >= 0.6 is 0 Å². The highest BCUT2D eigenvalue weighted by atomic mass is 16.5. The van der Waals surface area contributed by atoms with Crippen LogP contribution in [-0.2, 0) is 16.6 Å². The molecule has 1 saturated carbocycles. The van der Waals surface area contributed by atoms with Gasteiger partial charge in [0, 0.05) is 30.7 Å². The average molecular weight is 426 g/mol. The number of hydrogen-bond donors (Lipinski definition) is 2. The summed E-state index contributed by atoms with van der Waals surface area (Å²) in [6.07, 6.45) is 2.36. The highest BCUT2D eigenvalue weighted by Gasteiger charge is 2.58. The lowest BCUT2D eigenvalue weighted by atomic mass is 9.80. The minimum Gasteiger partial charge on any atom is -0.341 e. The number of aryl methyl sites for hydroxylation is 2. The Bertz CT molecular complexity index is 972. The van der Waals surface area contributed by atoms with Gasteiger partial charge in [-0.1, -0.05) is 38.1 Å². The third-order valence-corrected chi connectivity index (χ3v) is 6.56. The molecule has 1 aromatic heterocycles. The van der Waals surface area contributed by atoms with Gasteiger partial charge in [0.25, 0.3) is 0 Å². The Morgan fingerprint density at radius 3 is 2.84 bits per heavy atom. The number of aromatic nitrogens is 2. The lowest BCUT2D eigenvalue weighted by molar-refractivity contribution is -0.133. The van der Waals surface area contributed by atoms with Crippen LogP contribution in [0.2, 0.25) is 0 Å². The summed E-state index contributed by atoms with van der Waals surface area (Å²) < 4.78 is 5.59. The Morgan fingerprint density at radius 2 is 2.16 bits per heavy atom. The average Bonchev–Trinajstić information content (AvgIpc) is 3.40. The Hall–Kier alpha value is -2.90. The van der Waals surface area contributed by atoms with Crippen molar-refractivity contribution in [2.45, 2.75) is 58.4 Å². The van der Waals surface area contributed by atoms with Crippen molar-refractivity contribution in [2.75, 3.05) is 18.4 Å². The van der Waals surface area contributed by atoms with Gasteiger partial charge in [-0.15, -0.1) is 0 Å². The van der Waals surface area contributed by atoms with Crippen molar-refractivity contribution in [3.05, 3.63) is 41.5 Å². The van der Waals surface area contributed by atoms with Gasteiger partial charge in [-0.3, -0.25) is 4.79 Å². The van der Waals surface area contributed by atoms with E-state index in [1.807, 2.05) is 43.0 Å². The summed E-state index contributed by atoms with van der Waals surface area (Å²) in [5.74, 6) is 1.42. The van der Waals surface area contributed by atoms with Crippen LogP contribution in [0.1, 0.15) is 50.9 Å². The number of anilines is 1. The Labute approximate surface area is 182 Å². The van der Waals surface area contributed by atoms with Crippen LogP contribution in [0.5, 0.6) is 0 Å². The van der Waals surface area contributed by atoms with Crippen LogP contribution in [0, 0.1) is 18.8 Å². The largest absolute Gasteiger partial charge is 0.341 e. The van der Waals surface area contributed by atoms with Crippen LogP contribution in [-0.4, -0.2) is 46.1 Å². The number of benzene rings is 1. The van der Waals surface area contributed by atoms with Crippen molar-refractivity contribution in [1.29, 1.82) is 0 Å². The number of likely N-dealkylation sites (tertiary alicyclic amines) is 1. The number of urea groups is 1. The maximum atomic E-state index is 12.7. The molecule has 3 unspecified atom stereocenters. The van der Waals surface area contributed by atoms with Crippen molar-refractivity contribution in [1.82, 2.24) is 20.4 Å². The van der Waals surface area contributed by atoms with Crippen LogP contribution in [0.4, 0.5) is 10.5 Å². The Balaban J connectivity index is 1.48. The van der Waals surface area contributed by atoms with Gasteiger partial charge < -0.3 is 20.1 Å². The smallest absolute Gasteiger partial charge is 0.319 e. The molecule has 31 heavy (non-hydrogen) atoms. The third-order valence-electron chi connectivity index (χ3n) is 6.56. The summed E-state index contributed by atoms with van der Waals surface area (Å²) in [4.78, 5) is 31.7. The van der Waals surface area contributed by atoms with E-state index in [0.717, 1.165) is 18.5 Å². The molecule has 1 aliphatic heterocycles. The van der Waals surface area contributed by atoms with E-state index in [-0.39, 0.29) is 29.8 Å². The number of nitrogens with one attached hydrogen (secondary N) is 2. The van der Waals surface area contributed by atoms with E-state index in [9.17, 15) is 9.59 Å². The van der Waals surface area contributed by atoms with Crippen LogP contribution in [0.3, 0.4) is 0 Å². The van der Waals surface area contributed by atoms with Gasteiger partial charge in [0.2, 0.25) is 11.8 Å². The lowest BCUT2D eigenvalue weighted by Crippen LogP contribution is -2.41. The quantitative estimate of drug-likeness (QED) is 0.766. The molecule has 3 amide bonds. The van der Waals surface area contributed by atoms with Gasteiger partial charge in [-0.05, 0) is 49.8 Å². The lowest BCUT2D eigenvalue weighted by Gasteiger charge is -2.26. The highest BCUT2D eigenvalue weighted by Crippen LogP contribution is 2.50. The molecule has 0 radical (unpaired) electrons. The van der Waals surface area contributed by atoms with Crippen molar-refractivity contribution < 1.29 is 14.1 Å². The van der Waals surface area contributed by atoms with Gasteiger partial charge in [-0.2, -0.15) is 4.98 Å². The molecule has 0 spiro atoms. The highest BCUT2D eigenvalue weighted by molar-refractivity contribution is 5.89. The number of nitrogens with zero attached hydrogens (tertiary/aromatic N) is 3. The SMILES string of the molecule is CCc1cccc(NC(=O)NC2CC3CN(C(=O)C(C)C)CC3(c3nc(C)no3)C2)c1. The van der Waals surface area contributed by atoms with E-state index in [0.29, 0.717) is 31.2 Å². The minimum absolute atomic E-state index is 0.0251. The molecule has 2 aromatic rings. The summed E-state index contributed by atoms with van der Waals surface area (Å²) in [6.45, 7) is 8.92. The monoisotopic (exact) mass is 425 g/mol. The topological polar surface area (TPSA) is 100 Å². The second-order valence-corrected chi connectivity index (χ2v) is 9.16. The van der Waals surface area contributed by atoms with Crippen LogP contribution < -0.4 is 10.6 Å². The summed E-state index contributed by atoms with van der Waals surface area (Å²) in [5.41, 5.74) is 1.55. The molecule has 2 aliphatic rings. The fourth-order valence-electron chi connectivity index (χ4n) is 5.07. The molecule has 0 bridgehead atoms. The fourth-order valence-corrected chi connectivity index (χ4v) is 5.07. The van der Waals surface area contributed by atoms with E-state index >= 15 is 0 Å². The number of rotatable bonds is 5. The third kappa shape index (κ3) is 4.16. The normalized spacial score (nSPS) is 25.0. The maximum absolute atomic E-state index is 12.7. The van der Waals surface area contributed by atoms with Gasteiger partial charge in [0.1, 0.15) is 0 Å². The van der Waals surface area contributed by atoms with Gasteiger partial charge in [-0.25, -0.2) is 4.79 Å². The Morgan fingerprint density at radius 1 is 1.35 bits per heavy atom. The molecular formula is C23H31N5O3. The molecule has 2 fully saturated rings. The molecule has 166 valence electrons. The van der Waals surface area contributed by atoms with Gasteiger partial charge in [0.15, 0.2) is 5.82 Å². The van der Waals surface area contributed by atoms with Crippen molar-refractivity contribution >= 4 is 17.6 Å². The van der Waals surface area contributed by atoms with Crippen LogP contribution in [0.15, 0.2) is 28.8 Å². The number of carbonyl (C=O) groups excluding carboxylic acids is 2. The summed E-state index contributed by atoms with van der Waals surface area (Å²) in [6, 6.07) is 7.62. The zero-order chi connectivity index (χ0) is 22.2. The first-order valence-corrected chi connectivity index (χ1v) is 11.1. The predicted molar refractivity (Wildman–Crippen MR) is 117 cm³/mol. The molecule has 1 aliphatic carbocycles. The van der Waals surface area contributed by atoms with Crippen molar-refractivity contribution in [3.8, 4) is 0 Å². The van der Waals surface area contributed by atoms with E-state index in [1.165, 1.54) is 5.56 Å². The molecule has 3 atom stereocenters. The fraction of sp³-hybridized carbons (Fsp3) is 0.565. The van der Waals surface area contributed by atoms with Crippen LogP contribution in [0.25, 0.3) is 0 Å². The van der Waals surface area contributed by atoms with Gasteiger partial charge >= 0.3 is 6.03 Å². The molecule has 2 N–H and O–H groups in total. The van der Waals surface area contributed by atoms with E-state index in [4.69, 9.17) is 4.52 Å². The minimum atomic E-state index is -0.411. The number of carbonyl (C=O) groups is 2. The first-order chi connectivity index (χ1) is 14.8. The molecule has 8 nitrogen and oxygen atoms in total. The summed E-state index contributed by atoms with van der Waals surface area (Å²) in [7, 11) is 0. The molecule has 1 aromatic carbocycles.